The summed E-state index contributed by atoms with van der Waals surface area (Å²) in [4.78, 5) is 14.6. The number of hydrogen-bond donors (Lipinski definition) is 2. The number of nitrogens with one attached hydrogen (secondary N) is 1. The van der Waals surface area contributed by atoms with Gasteiger partial charge in [-0.05, 0) is 23.3 Å². The van der Waals surface area contributed by atoms with Gasteiger partial charge in [0.2, 0.25) is 11.6 Å². The molecule has 2 aromatic rings. The van der Waals surface area contributed by atoms with Gasteiger partial charge >= 0.3 is 0 Å². The lowest BCUT2D eigenvalue weighted by molar-refractivity contribution is 0.0332. The number of amides is 1. The lowest BCUT2D eigenvalue weighted by Gasteiger charge is -2.26. The summed E-state index contributed by atoms with van der Waals surface area (Å²) in [7, 11) is 0. The molecule has 1 aliphatic heterocycles. The van der Waals surface area contributed by atoms with Crippen LogP contribution >= 0.6 is 0 Å². The maximum absolute atomic E-state index is 12.4. The van der Waals surface area contributed by atoms with Gasteiger partial charge in [-0.1, -0.05) is 11.3 Å². The van der Waals surface area contributed by atoms with Crippen LogP contribution < -0.4 is 11.2 Å². The summed E-state index contributed by atoms with van der Waals surface area (Å²) in [5, 5.41) is 19.1. The first-order chi connectivity index (χ1) is 12.7. The lowest BCUT2D eigenvalue weighted by atomic mass is 10.2. The highest BCUT2D eigenvalue weighted by molar-refractivity contribution is 5.93. The van der Waals surface area contributed by atoms with Crippen molar-refractivity contribution in [3.05, 3.63) is 23.5 Å². The lowest BCUT2D eigenvalue weighted by Crippen LogP contribution is -2.37. The van der Waals surface area contributed by atoms with E-state index in [1.807, 2.05) is 6.92 Å². The second kappa shape index (κ2) is 8.31. The number of nitrogens with zero attached hydrogens (tertiary/aromatic N) is 7. The summed E-state index contributed by atoms with van der Waals surface area (Å²) in [6.07, 6.45) is 4.94. The SMILES string of the molecule is C/C=C/C=N/NC(=O)c1nnn(-c2nonc2N)c1CN1CCOCC1. The zero-order chi connectivity index (χ0) is 18.4. The molecule has 0 aliphatic carbocycles. The molecule has 1 amide bonds. The quantitative estimate of drug-likeness (QED) is 0.505. The van der Waals surface area contributed by atoms with E-state index in [2.05, 4.69) is 40.7 Å². The van der Waals surface area contributed by atoms with Crippen molar-refractivity contribution in [1.82, 2.24) is 35.6 Å². The first-order valence-corrected chi connectivity index (χ1v) is 7.98. The first-order valence-electron chi connectivity index (χ1n) is 7.98. The number of carbonyl (C=O) groups is 1. The minimum absolute atomic E-state index is 0.0520. The van der Waals surface area contributed by atoms with Crippen LogP contribution in [0.3, 0.4) is 0 Å². The van der Waals surface area contributed by atoms with Gasteiger partial charge in [0.25, 0.3) is 5.91 Å². The molecule has 1 aliphatic rings. The number of hydrazone groups is 1. The average Bonchev–Trinajstić information content (AvgIpc) is 3.25. The van der Waals surface area contributed by atoms with Crippen LogP contribution in [-0.2, 0) is 11.3 Å². The van der Waals surface area contributed by atoms with E-state index in [9.17, 15) is 4.79 Å². The molecule has 12 nitrogen and oxygen atoms in total. The molecule has 1 saturated heterocycles. The summed E-state index contributed by atoms with van der Waals surface area (Å²) < 4.78 is 11.3. The van der Waals surface area contributed by atoms with Gasteiger partial charge in [0, 0.05) is 25.8 Å². The number of rotatable bonds is 6. The topological polar surface area (TPSA) is 150 Å². The highest BCUT2D eigenvalue weighted by Gasteiger charge is 2.26. The van der Waals surface area contributed by atoms with Gasteiger partial charge in [-0.15, -0.1) is 5.10 Å². The van der Waals surface area contributed by atoms with E-state index in [4.69, 9.17) is 10.5 Å². The van der Waals surface area contributed by atoms with E-state index in [0.717, 1.165) is 13.1 Å². The largest absolute Gasteiger partial charge is 0.379 e. The molecule has 0 bridgehead atoms. The summed E-state index contributed by atoms with van der Waals surface area (Å²) in [5.74, 6) is -0.260. The summed E-state index contributed by atoms with van der Waals surface area (Å²) in [5.41, 5.74) is 8.80. The summed E-state index contributed by atoms with van der Waals surface area (Å²) in [6, 6.07) is 0. The minimum atomic E-state index is -0.490. The smallest absolute Gasteiger partial charge is 0.293 e. The van der Waals surface area contributed by atoms with Crippen LogP contribution in [0.5, 0.6) is 0 Å². The Kier molecular flexibility index (Phi) is 5.66. The van der Waals surface area contributed by atoms with Crippen LogP contribution in [0.25, 0.3) is 5.82 Å². The Hall–Kier alpha value is -3.12. The van der Waals surface area contributed by atoms with Gasteiger partial charge < -0.3 is 10.5 Å². The molecular formula is C14H19N9O3. The van der Waals surface area contributed by atoms with Gasteiger partial charge in [-0.25, -0.2) is 10.1 Å². The number of anilines is 1. The first kappa shape index (κ1) is 17.7. The number of ether oxygens (including phenoxy) is 1. The average molecular weight is 361 g/mol. The van der Waals surface area contributed by atoms with E-state index in [1.54, 1.807) is 12.2 Å². The second-order valence-electron chi connectivity index (χ2n) is 5.40. The van der Waals surface area contributed by atoms with Crippen LogP contribution in [0.15, 0.2) is 21.9 Å². The molecule has 0 unspecified atom stereocenters. The number of hydrogen-bond acceptors (Lipinski definition) is 10. The molecule has 26 heavy (non-hydrogen) atoms. The molecule has 12 heteroatoms. The van der Waals surface area contributed by atoms with Gasteiger partial charge in [0.05, 0.1) is 18.9 Å². The summed E-state index contributed by atoms with van der Waals surface area (Å²) >= 11 is 0. The van der Waals surface area contributed by atoms with Crippen molar-refractivity contribution in [3.63, 3.8) is 0 Å². The molecule has 2 aromatic heterocycles. The van der Waals surface area contributed by atoms with Crippen LogP contribution in [0, 0.1) is 0 Å². The van der Waals surface area contributed by atoms with E-state index >= 15 is 0 Å². The van der Waals surface area contributed by atoms with Crippen LogP contribution in [-0.4, -0.2) is 68.6 Å². The Balaban J connectivity index is 1.89. The summed E-state index contributed by atoms with van der Waals surface area (Å²) in [6.45, 7) is 4.92. The van der Waals surface area contributed by atoms with Crippen LogP contribution in [0.4, 0.5) is 5.82 Å². The van der Waals surface area contributed by atoms with Gasteiger partial charge in [0.15, 0.2) is 5.69 Å². The maximum atomic E-state index is 12.4. The van der Waals surface area contributed by atoms with Crippen molar-refractivity contribution in [2.75, 3.05) is 32.0 Å². The molecule has 3 rings (SSSR count). The van der Waals surface area contributed by atoms with E-state index in [0.29, 0.717) is 25.5 Å². The van der Waals surface area contributed by atoms with Crippen molar-refractivity contribution in [2.45, 2.75) is 13.5 Å². The molecule has 3 N–H and O–H groups in total. The highest BCUT2D eigenvalue weighted by atomic mass is 16.6. The third kappa shape index (κ3) is 3.92. The molecule has 0 aromatic carbocycles. The maximum Gasteiger partial charge on any atom is 0.293 e. The normalized spacial score (nSPS) is 15.9. The fourth-order valence-electron chi connectivity index (χ4n) is 2.38. The Morgan fingerprint density at radius 3 is 2.88 bits per heavy atom. The van der Waals surface area contributed by atoms with Crippen molar-refractivity contribution in [1.29, 1.82) is 0 Å². The molecule has 0 radical (unpaired) electrons. The van der Waals surface area contributed by atoms with Gasteiger partial charge in [0.1, 0.15) is 0 Å². The van der Waals surface area contributed by atoms with Crippen LogP contribution in [0.2, 0.25) is 0 Å². The van der Waals surface area contributed by atoms with Crippen molar-refractivity contribution in [3.8, 4) is 5.82 Å². The zero-order valence-corrected chi connectivity index (χ0v) is 14.2. The number of carbonyl (C=O) groups excluding carboxylic acids is 1. The third-order valence-electron chi connectivity index (χ3n) is 3.67. The van der Waals surface area contributed by atoms with Crippen LogP contribution in [0.1, 0.15) is 23.1 Å². The molecule has 0 atom stereocenters. The highest BCUT2D eigenvalue weighted by Crippen LogP contribution is 2.18. The van der Waals surface area contributed by atoms with E-state index < -0.39 is 5.91 Å². The molecule has 138 valence electrons. The van der Waals surface area contributed by atoms with Gasteiger partial charge in [-0.3, -0.25) is 9.69 Å². The Morgan fingerprint density at radius 1 is 1.38 bits per heavy atom. The predicted octanol–water partition coefficient (Wildman–Crippen LogP) is -0.644. The predicted molar refractivity (Wildman–Crippen MR) is 90.5 cm³/mol. The molecular weight excluding hydrogens is 342 g/mol. The number of morpholine rings is 1. The second-order valence-corrected chi connectivity index (χ2v) is 5.40. The Morgan fingerprint density at radius 2 is 2.19 bits per heavy atom. The molecule has 1 fully saturated rings. The fraction of sp³-hybridized carbons (Fsp3) is 0.429. The zero-order valence-electron chi connectivity index (χ0n) is 14.2. The van der Waals surface area contributed by atoms with E-state index in [-0.39, 0.29) is 17.3 Å². The Bertz CT molecular complexity index is 804. The van der Waals surface area contributed by atoms with Crippen molar-refractivity contribution in [2.24, 2.45) is 5.10 Å². The number of allylic oxidation sites excluding steroid dienone is 2. The number of nitrogen functional groups attached to an aromatic ring is 1. The molecule has 0 saturated carbocycles. The fourth-order valence-corrected chi connectivity index (χ4v) is 2.38. The number of nitrogens with two attached hydrogens (primary N) is 1. The molecule has 3 heterocycles. The third-order valence-corrected chi connectivity index (χ3v) is 3.67. The van der Waals surface area contributed by atoms with Crippen molar-refractivity contribution >= 4 is 17.9 Å². The standard InChI is InChI=1S/C14H19N9O3/c1-2-3-4-16-18-14(24)11-10(9-22-5-7-25-8-6-22)23(21-17-11)13-12(15)19-26-20-13/h2-4H,5-9H2,1H3,(H2,15,19)(H,18,24)/b3-2+,16-4+. The van der Waals surface area contributed by atoms with E-state index in [1.165, 1.54) is 10.9 Å². The monoisotopic (exact) mass is 361 g/mol. The van der Waals surface area contributed by atoms with Crippen molar-refractivity contribution < 1.29 is 14.2 Å². The Labute approximate surface area is 148 Å². The number of aromatic nitrogens is 5. The minimum Gasteiger partial charge on any atom is -0.379 e. The molecule has 0 spiro atoms. The van der Waals surface area contributed by atoms with Gasteiger partial charge in [-0.2, -0.15) is 9.78 Å².